The minimum Gasteiger partial charge on any atom is -0.484 e. The number of hydrogen-bond acceptors (Lipinski definition) is 3. The minimum atomic E-state index is -0.513. The molecule has 0 atom stereocenters. The summed E-state index contributed by atoms with van der Waals surface area (Å²) in [6.45, 7) is -0.166. The molecule has 2 N–H and O–H groups in total. The molecule has 0 radical (unpaired) electrons. The highest BCUT2D eigenvalue weighted by atomic mass is 79.9. The van der Waals surface area contributed by atoms with Crippen LogP contribution in [0.2, 0.25) is 0 Å². The Labute approximate surface area is 148 Å². The molecule has 0 aromatic heterocycles. The maximum atomic E-state index is 12.4. The van der Waals surface area contributed by atoms with Crippen molar-refractivity contribution in [2.75, 3.05) is 6.61 Å². The van der Waals surface area contributed by atoms with E-state index in [1.807, 2.05) is 42.5 Å². The smallest absolute Gasteiger partial charge is 0.276 e. The lowest BCUT2D eigenvalue weighted by Crippen LogP contribution is -2.48. The van der Waals surface area contributed by atoms with Crippen LogP contribution in [0.5, 0.6) is 5.75 Å². The third kappa shape index (κ3) is 3.76. The summed E-state index contributed by atoms with van der Waals surface area (Å²) in [6.07, 6.45) is 1.57. The lowest BCUT2D eigenvalue weighted by Gasteiger charge is -2.16. The van der Waals surface area contributed by atoms with E-state index in [1.165, 1.54) is 0 Å². The zero-order valence-corrected chi connectivity index (χ0v) is 14.5. The van der Waals surface area contributed by atoms with Crippen LogP contribution >= 0.6 is 15.9 Å². The number of hydrazine groups is 1. The fourth-order valence-electron chi connectivity index (χ4n) is 2.49. The van der Waals surface area contributed by atoms with Crippen LogP contribution in [0.4, 0.5) is 0 Å². The maximum absolute atomic E-state index is 12.4. The second-order valence-corrected chi connectivity index (χ2v) is 6.61. The van der Waals surface area contributed by atoms with Crippen molar-refractivity contribution in [1.82, 2.24) is 10.9 Å². The number of carbonyl (C=O) groups is 2. The Bertz CT molecular complexity index is 728. The van der Waals surface area contributed by atoms with Crippen molar-refractivity contribution in [2.45, 2.75) is 18.3 Å². The van der Waals surface area contributed by atoms with Crippen LogP contribution in [0.1, 0.15) is 18.4 Å². The van der Waals surface area contributed by atoms with Crippen molar-refractivity contribution in [2.24, 2.45) is 0 Å². The number of rotatable bonds is 5. The Hall–Kier alpha value is -2.34. The van der Waals surface area contributed by atoms with Crippen molar-refractivity contribution in [3.05, 3.63) is 64.6 Å². The maximum Gasteiger partial charge on any atom is 0.276 e. The summed E-state index contributed by atoms with van der Waals surface area (Å²) >= 11 is 3.33. The van der Waals surface area contributed by atoms with Crippen LogP contribution in [-0.2, 0) is 15.0 Å². The summed E-state index contributed by atoms with van der Waals surface area (Å²) < 4.78 is 6.29. The summed E-state index contributed by atoms with van der Waals surface area (Å²) in [6, 6.07) is 16.8. The third-order valence-corrected chi connectivity index (χ3v) is 4.54. The second-order valence-electron chi connectivity index (χ2n) is 5.69. The van der Waals surface area contributed by atoms with Crippen LogP contribution in [0.25, 0.3) is 0 Å². The van der Waals surface area contributed by atoms with Gasteiger partial charge in [0.2, 0.25) is 5.91 Å². The largest absolute Gasteiger partial charge is 0.484 e. The zero-order valence-electron chi connectivity index (χ0n) is 12.9. The molecule has 2 amide bonds. The Morgan fingerprint density at radius 3 is 2.29 bits per heavy atom. The van der Waals surface area contributed by atoms with Crippen molar-refractivity contribution in [3.8, 4) is 5.75 Å². The lowest BCUT2D eigenvalue weighted by molar-refractivity contribution is -0.131. The van der Waals surface area contributed by atoms with Gasteiger partial charge in [-0.1, -0.05) is 46.3 Å². The van der Waals surface area contributed by atoms with E-state index < -0.39 is 11.3 Å². The molecule has 0 aliphatic heterocycles. The Morgan fingerprint density at radius 1 is 1.00 bits per heavy atom. The summed E-state index contributed by atoms with van der Waals surface area (Å²) in [7, 11) is 0. The van der Waals surface area contributed by atoms with E-state index in [2.05, 4.69) is 26.8 Å². The van der Waals surface area contributed by atoms with Crippen LogP contribution in [-0.4, -0.2) is 18.4 Å². The van der Waals surface area contributed by atoms with Gasteiger partial charge in [-0.2, -0.15) is 0 Å². The highest BCUT2D eigenvalue weighted by molar-refractivity contribution is 9.10. The predicted molar refractivity (Wildman–Crippen MR) is 93.3 cm³/mol. The first-order valence-electron chi connectivity index (χ1n) is 7.63. The molecule has 0 bridgehead atoms. The van der Waals surface area contributed by atoms with Crippen LogP contribution in [0, 0.1) is 0 Å². The number of halogens is 1. The summed E-state index contributed by atoms with van der Waals surface area (Å²) in [5.74, 6) is -0.0107. The SMILES string of the molecule is O=C(COc1ccc(Br)cc1)NNC(=O)C1(c2ccccc2)CC1. The van der Waals surface area contributed by atoms with Gasteiger partial charge in [-0.15, -0.1) is 0 Å². The Balaban J connectivity index is 1.48. The lowest BCUT2D eigenvalue weighted by atomic mass is 9.95. The van der Waals surface area contributed by atoms with E-state index in [-0.39, 0.29) is 12.5 Å². The fraction of sp³-hybridized carbons (Fsp3) is 0.222. The van der Waals surface area contributed by atoms with E-state index in [9.17, 15) is 9.59 Å². The van der Waals surface area contributed by atoms with E-state index >= 15 is 0 Å². The molecule has 2 aromatic carbocycles. The number of carbonyl (C=O) groups excluding carboxylic acids is 2. The van der Waals surface area contributed by atoms with Gasteiger partial charge in [0.05, 0.1) is 5.41 Å². The summed E-state index contributed by atoms with van der Waals surface area (Å²) in [5.41, 5.74) is 5.37. The average molecular weight is 389 g/mol. The standard InChI is InChI=1S/C18H17BrN2O3/c19-14-6-8-15(9-7-14)24-12-16(22)20-21-17(23)18(10-11-18)13-4-2-1-3-5-13/h1-9H,10-12H2,(H,20,22)(H,21,23). The zero-order chi connectivity index (χ0) is 17.0. The van der Waals surface area contributed by atoms with Gasteiger partial charge < -0.3 is 4.74 Å². The van der Waals surface area contributed by atoms with Crippen molar-refractivity contribution in [3.63, 3.8) is 0 Å². The fourth-order valence-corrected chi connectivity index (χ4v) is 2.76. The van der Waals surface area contributed by atoms with Gasteiger partial charge in [0, 0.05) is 4.47 Å². The van der Waals surface area contributed by atoms with Gasteiger partial charge >= 0.3 is 0 Å². The van der Waals surface area contributed by atoms with Crippen molar-refractivity contribution < 1.29 is 14.3 Å². The van der Waals surface area contributed by atoms with Crippen molar-refractivity contribution in [1.29, 1.82) is 0 Å². The highest BCUT2D eigenvalue weighted by Crippen LogP contribution is 2.48. The molecule has 5 nitrogen and oxygen atoms in total. The van der Waals surface area contributed by atoms with E-state index in [0.29, 0.717) is 5.75 Å². The average Bonchev–Trinajstić information content (AvgIpc) is 3.42. The highest BCUT2D eigenvalue weighted by Gasteiger charge is 2.51. The molecule has 0 heterocycles. The first kappa shape index (κ1) is 16.5. The number of ether oxygens (including phenoxy) is 1. The predicted octanol–water partition coefficient (Wildman–Crippen LogP) is 2.71. The molecule has 1 fully saturated rings. The minimum absolute atomic E-state index is 0.166. The van der Waals surface area contributed by atoms with E-state index in [0.717, 1.165) is 22.9 Å². The van der Waals surface area contributed by atoms with E-state index in [4.69, 9.17) is 4.74 Å². The third-order valence-electron chi connectivity index (χ3n) is 4.01. The molecule has 1 aliphatic rings. The normalized spacial score (nSPS) is 14.5. The van der Waals surface area contributed by atoms with Gasteiger partial charge in [0.15, 0.2) is 6.61 Å². The molecule has 0 unspecified atom stereocenters. The number of nitrogens with one attached hydrogen (secondary N) is 2. The molecule has 1 aliphatic carbocycles. The molecule has 0 saturated heterocycles. The summed E-state index contributed by atoms with van der Waals surface area (Å²) in [4.78, 5) is 24.2. The molecule has 24 heavy (non-hydrogen) atoms. The van der Waals surface area contributed by atoms with Crippen LogP contribution in [0.3, 0.4) is 0 Å². The molecular weight excluding hydrogens is 372 g/mol. The topological polar surface area (TPSA) is 67.4 Å². The first-order valence-corrected chi connectivity index (χ1v) is 8.43. The molecule has 6 heteroatoms. The monoisotopic (exact) mass is 388 g/mol. The Morgan fingerprint density at radius 2 is 1.67 bits per heavy atom. The molecular formula is C18H17BrN2O3. The van der Waals surface area contributed by atoms with Gasteiger partial charge in [-0.05, 0) is 42.7 Å². The first-order chi connectivity index (χ1) is 11.6. The molecule has 124 valence electrons. The van der Waals surface area contributed by atoms with Gasteiger partial charge in [0.1, 0.15) is 5.75 Å². The van der Waals surface area contributed by atoms with Gasteiger partial charge in [-0.3, -0.25) is 20.4 Å². The molecule has 3 rings (SSSR count). The Kier molecular flexibility index (Phi) is 4.85. The van der Waals surface area contributed by atoms with Crippen LogP contribution in [0.15, 0.2) is 59.1 Å². The summed E-state index contributed by atoms with van der Waals surface area (Å²) in [5, 5.41) is 0. The van der Waals surface area contributed by atoms with E-state index in [1.54, 1.807) is 12.1 Å². The van der Waals surface area contributed by atoms with Gasteiger partial charge in [0.25, 0.3) is 5.91 Å². The second kappa shape index (κ2) is 7.05. The van der Waals surface area contributed by atoms with Crippen LogP contribution < -0.4 is 15.6 Å². The molecule has 2 aromatic rings. The van der Waals surface area contributed by atoms with Gasteiger partial charge in [-0.25, -0.2) is 0 Å². The quantitative estimate of drug-likeness (QED) is 0.773. The molecule has 1 saturated carbocycles. The number of benzene rings is 2. The van der Waals surface area contributed by atoms with Crippen molar-refractivity contribution >= 4 is 27.7 Å². The number of amides is 2. The molecule has 0 spiro atoms. The number of hydrogen-bond donors (Lipinski definition) is 2.